The molecule has 0 amide bonds. The van der Waals surface area contributed by atoms with E-state index in [1.807, 2.05) is 0 Å². The van der Waals surface area contributed by atoms with Gasteiger partial charge in [-0.2, -0.15) is 13.2 Å². The molecule has 0 unspecified atom stereocenters. The van der Waals surface area contributed by atoms with E-state index in [0.717, 1.165) is 12.1 Å². The standard InChI is InChI=1S/C10H10F3NO/c11-10(12,13)9(4-5-14)7-2-1-3-8(15)6-7/h1-4,6,15H,5,14H2/b9-4+. The van der Waals surface area contributed by atoms with Crippen molar-refractivity contribution >= 4 is 5.57 Å². The third kappa shape index (κ3) is 2.99. The summed E-state index contributed by atoms with van der Waals surface area (Å²) < 4.78 is 37.6. The zero-order chi connectivity index (χ0) is 11.5. The first kappa shape index (κ1) is 11.6. The van der Waals surface area contributed by atoms with Gasteiger partial charge in [0, 0.05) is 6.54 Å². The van der Waals surface area contributed by atoms with Crippen molar-refractivity contribution in [3.63, 3.8) is 0 Å². The van der Waals surface area contributed by atoms with E-state index in [1.54, 1.807) is 0 Å². The van der Waals surface area contributed by atoms with Crippen molar-refractivity contribution in [1.29, 1.82) is 0 Å². The Labute approximate surface area is 84.8 Å². The maximum absolute atomic E-state index is 12.5. The largest absolute Gasteiger partial charge is 0.508 e. The summed E-state index contributed by atoms with van der Waals surface area (Å²) in [5.41, 5.74) is 4.14. The van der Waals surface area contributed by atoms with Gasteiger partial charge in [-0.15, -0.1) is 0 Å². The first-order valence-electron chi connectivity index (χ1n) is 4.22. The van der Waals surface area contributed by atoms with Crippen LogP contribution in [0.25, 0.3) is 5.57 Å². The highest BCUT2D eigenvalue weighted by molar-refractivity contribution is 5.70. The van der Waals surface area contributed by atoms with Crippen LogP contribution in [-0.2, 0) is 0 Å². The Morgan fingerprint density at radius 2 is 2.07 bits per heavy atom. The molecule has 3 N–H and O–H groups in total. The first-order chi connectivity index (χ1) is 6.95. The molecule has 0 bridgehead atoms. The molecule has 1 rings (SSSR count). The number of halogens is 3. The lowest BCUT2D eigenvalue weighted by molar-refractivity contribution is -0.0690. The minimum Gasteiger partial charge on any atom is -0.508 e. The average molecular weight is 217 g/mol. The summed E-state index contributed by atoms with van der Waals surface area (Å²) in [5, 5.41) is 9.07. The number of nitrogens with two attached hydrogens (primary N) is 1. The molecule has 0 aromatic heterocycles. The van der Waals surface area contributed by atoms with Crippen LogP contribution in [0.2, 0.25) is 0 Å². The second kappa shape index (κ2) is 4.35. The lowest BCUT2D eigenvalue weighted by Gasteiger charge is -2.11. The summed E-state index contributed by atoms with van der Waals surface area (Å²) in [6.07, 6.45) is -3.58. The van der Waals surface area contributed by atoms with E-state index in [2.05, 4.69) is 0 Å². The normalized spacial score (nSPS) is 12.9. The van der Waals surface area contributed by atoms with Crippen LogP contribution in [0, 0.1) is 0 Å². The molecule has 0 aliphatic heterocycles. The highest BCUT2D eigenvalue weighted by atomic mass is 19.4. The van der Waals surface area contributed by atoms with Gasteiger partial charge in [0.1, 0.15) is 5.75 Å². The molecule has 0 fully saturated rings. The van der Waals surface area contributed by atoms with Gasteiger partial charge in [-0.3, -0.25) is 0 Å². The van der Waals surface area contributed by atoms with Crippen molar-refractivity contribution in [2.75, 3.05) is 6.54 Å². The molecule has 1 aromatic carbocycles. The lowest BCUT2D eigenvalue weighted by atomic mass is 10.0. The molecule has 0 aliphatic rings. The first-order valence-corrected chi connectivity index (χ1v) is 4.22. The summed E-state index contributed by atoms with van der Waals surface area (Å²) in [6.45, 7) is -0.204. The van der Waals surface area contributed by atoms with Gasteiger partial charge in [0.25, 0.3) is 0 Å². The molecule has 0 spiro atoms. The number of hydrogen-bond donors (Lipinski definition) is 2. The molecule has 0 saturated carbocycles. The van der Waals surface area contributed by atoms with Crippen LogP contribution in [0.3, 0.4) is 0 Å². The zero-order valence-corrected chi connectivity index (χ0v) is 7.75. The van der Waals surface area contributed by atoms with Crippen LogP contribution in [0.5, 0.6) is 5.75 Å². The predicted octanol–water partition coefficient (Wildman–Crippen LogP) is 2.30. The number of aromatic hydroxyl groups is 1. The topological polar surface area (TPSA) is 46.2 Å². The molecule has 1 aromatic rings. The quantitative estimate of drug-likeness (QED) is 0.798. The molecule has 82 valence electrons. The van der Waals surface area contributed by atoms with E-state index in [0.29, 0.717) is 0 Å². The van der Waals surface area contributed by atoms with Gasteiger partial charge in [-0.25, -0.2) is 0 Å². The van der Waals surface area contributed by atoms with E-state index >= 15 is 0 Å². The highest BCUT2D eigenvalue weighted by Crippen LogP contribution is 2.34. The van der Waals surface area contributed by atoms with E-state index < -0.39 is 11.7 Å². The van der Waals surface area contributed by atoms with Crippen LogP contribution in [0.4, 0.5) is 13.2 Å². The van der Waals surface area contributed by atoms with Gasteiger partial charge in [0.05, 0.1) is 5.57 Å². The predicted molar refractivity (Wildman–Crippen MR) is 51.2 cm³/mol. The van der Waals surface area contributed by atoms with Gasteiger partial charge in [0.15, 0.2) is 0 Å². The summed E-state index contributed by atoms with van der Waals surface area (Å²) in [6, 6.07) is 4.98. The molecular formula is C10H10F3NO. The summed E-state index contributed by atoms with van der Waals surface area (Å²) in [5.74, 6) is -0.209. The molecule has 5 heteroatoms. The van der Waals surface area contributed by atoms with E-state index in [-0.39, 0.29) is 17.9 Å². The van der Waals surface area contributed by atoms with Crippen LogP contribution < -0.4 is 5.73 Å². The molecular weight excluding hydrogens is 207 g/mol. The maximum Gasteiger partial charge on any atom is 0.416 e. The van der Waals surface area contributed by atoms with Gasteiger partial charge < -0.3 is 10.8 Å². The fourth-order valence-corrected chi connectivity index (χ4v) is 1.19. The second-order valence-electron chi connectivity index (χ2n) is 2.90. The van der Waals surface area contributed by atoms with Crippen molar-refractivity contribution in [2.24, 2.45) is 5.73 Å². The Morgan fingerprint density at radius 3 is 2.53 bits per heavy atom. The Hall–Kier alpha value is -1.49. The maximum atomic E-state index is 12.5. The Morgan fingerprint density at radius 1 is 1.40 bits per heavy atom. The third-order valence-corrected chi connectivity index (χ3v) is 1.78. The van der Waals surface area contributed by atoms with E-state index in [1.165, 1.54) is 18.2 Å². The van der Waals surface area contributed by atoms with Gasteiger partial charge in [-0.05, 0) is 17.7 Å². The summed E-state index contributed by atoms with van der Waals surface area (Å²) in [7, 11) is 0. The number of allylic oxidation sites excluding steroid dienone is 1. The number of phenols is 1. The Kier molecular flexibility index (Phi) is 3.36. The number of hydrogen-bond acceptors (Lipinski definition) is 2. The fraction of sp³-hybridized carbons (Fsp3) is 0.200. The molecule has 0 atom stereocenters. The SMILES string of the molecule is NC/C=C(\c1cccc(O)c1)C(F)(F)F. The minimum atomic E-state index is -4.47. The minimum absolute atomic E-state index is 0.0899. The van der Waals surface area contributed by atoms with Gasteiger partial charge in [-0.1, -0.05) is 18.2 Å². The van der Waals surface area contributed by atoms with Crippen molar-refractivity contribution in [2.45, 2.75) is 6.18 Å². The molecule has 15 heavy (non-hydrogen) atoms. The molecule has 0 saturated heterocycles. The number of alkyl halides is 3. The summed E-state index contributed by atoms with van der Waals surface area (Å²) >= 11 is 0. The fourth-order valence-electron chi connectivity index (χ4n) is 1.19. The van der Waals surface area contributed by atoms with Crippen LogP contribution >= 0.6 is 0 Å². The van der Waals surface area contributed by atoms with Crippen molar-refractivity contribution in [3.8, 4) is 5.75 Å². The van der Waals surface area contributed by atoms with E-state index in [4.69, 9.17) is 10.8 Å². The molecule has 0 radical (unpaired) electrons. The smallest absolute Gasteiger partial charge is 0.416 e. The number of phenolic OH excluding ortho intramolecular Hbond substituents is 1. The summed E-state index contributed by atoms with van der Waals surface area (Å²) in [4.78, 5) is 0. The zero-order valence-electron chi connectivity index (χ0n) is 7.75. The van der Waals surface area contributed by atoms with Gasteiger partial charge in [0.2, 0.25) is 0 Å². The van der Waals surface area contributed by atoms with E-state index in [9.17, 15) is 13.2 Å². The van der Waals surface area contributed by atoms with Crippen LogP contribution in [-0.4, -0.2) is 17.8 Å². The van der Waals surface area contributed by atoms with Crippen molar-refractivity contribution < 1.29 is 18.3 Å². The second-order valence-corrected chi connectivity index (χ2v) is 2.90. The Balaban J connectivity index is 3.17. The molecule has 0 heterocycles. The lowest BCUT2D eigenvalue weighted by Crippen LogP contribution is -2.12. The van der Waals surface area contributed by atoms with Crippen molar-refractivity contribution in [3.05, 3.63) is 35.9 Å². The highest BCUT2D eigenvalue weighted by Gasteiger charge is 2.34. The van der Waals surface area contributed by atoms with Crippen molar-refractivity contribution in [1.82, 2.24) is 0 Å². The molecule has 0 aliphatic carbocycles. The van der Waals surface area contributed by atoms with Crippen LogP contribution in [0.1, 0.15) is 5.56 Å². The Bertz CT molecular complexity index is 371. The number of rotatable bonds is 2. The number of benzene rings is 1. The van der Waals surface area contributed by atoms with Crippen LogP contribution in [0.15, 0.2) is 30.3 Å². The van der Waals surface area contributed by atoms with Gasteiger partial charge >= 0.3 is 6.18 Å². The molecule has 2 nitrogen and oxygen atoms in total. The third-order valence-electron chi connectivity index (χ3n) is 1.78. The average Bonchev–Trinajstić information content (AvgIpc) is 2.12. The monoisotopic (exact) mass is 217 g/mol.